The predicted molar refractivity (Wildman–Crippen MR) is 135 cm³/mol. The number of nitrogens with zero attached hydrogens (tertiary/aromatic N) is 7. The third-order valence-corrected chi connectivity index (χ3v) is 7.20. The molecule has 8 nitrogen and oxygen atoms in total. The van der Waals surface area contributed by atoms with Crippen molar-refractivity contribution in [3.8, 4) is 17.4 Å². The van der Waals surface area contributed by atoms with E-state index in [9.17, 15) is 4.39 Å². The lowest BCUT2D eigenvalue weighted by atomic mass is 10.1. The SMILES string of the molecule is CCOc1nc(C)c2nc(-c3cncc(F)c3)n(Cc3ccc(CN4CCN5CC[C@H]4C5)cc3)c2n1. The van der Waals surface area contributed by atoms with E-state index in [1.165, 1.54) is 43.9 Å². The predicted octanol–water partition coefficient (Wildman–Crippen LogP) is 3.67. The van der Waals surface area contributed by atoms with E-state index in [0.29, 0.717) is 47.8 Å². The summed E-state index contributed by atoms with van der Waals surface area (Å²) >= 11 is 0. The first-order valence-corrected chi connectivity index (χ1v) is 12.6. The van der Waals surface area contributed by atoms with Crippen molar-refractivity contribution in [1.29, 1.82) is 0 Å². The van der Waals surface area contributed by atoms with E-state index in [4.69, 9.17) is 9.72 Å². The van der Waals surface area contributed by atoms with Crippen LogP contribution in [0.1, 0.15) is 30.2 Å². The summed E-state index contributed by atoms with van der Waals surface area (Å²) in [6, 6.07) is 11.2. The van der Waals surface area contributed by atoms with Crippen LogP contribution in [0, 0.1) is 12.7 Å². The second-order valence-electron chi connectivity index (χ2n) is 9.64. The molecule has 4 aromatic rings. The summed E-state index contributed by atoms with van der Waals surface area (Å²) in [4.78, 5) is 23.1. The van der Waals surface area contributed by atoms with Crippen molar-refractivity contribution in [2.24, 2.45) is 0 Å². The van der Waals surface area contributed by atoms with Crippen LogP contribution in [-0.4, -0.2) is 73.1 Å². The number of aromatic nitrogens is 5. The van der Waals surface area contributed by atoms with Crippen molar-refractivity contribution in [1.82, 2.24) is 34.3 Å². The fourth-order valence-electron chi connectivity index (χ4n) is 5.35. The summed E-state index contributed by atoms with van der Waals surface area (Å²) in [6.07, 6.45) is 4.09. The highest BCUT2D eigenvalue weighted by Gasteiger charge is 2.32. The van der Waals surface area contributed by atoms with Crippen LogP contribution in [0.15, 0.2) is 42.7 Å². The molecule has 1 aromatic carbocycles. The Morgan fingerprint density at radius 2 is 1.81 bits per heavy atom. The number of ether oxygens (including phenoxy) is 1. The minimum Gasteiger partial charge on any atom is -0.464 e. The highest BCUT2D eigenvalue weighted by atomic mass is 19.1. The molecule has 186 valence electrons. The van der Waals surface area contributed by atoms with Crippen LogP contribution in [0.3, 0.4) is 0 Å². The first-order valence-electron chi connectivity index (χ1n) is 12.6. The Kier molecular flexibility index (Phi) is 6.10. The van der Waals surface area contributed by atoms with Gasteiger partial charge in [0.05, 0.1) is 25.0 Å². The molecule has 2 aliphatic heterocycles. The second-order valence-corrected chi connectivity index (χ2v) is 9.64. The highest BCUT2D eigenvalue weighted by Crippen LogP contribution is 2.28. The summed E-state index contributed by atoms with van der Waals surface area (Å²) in [6.45, 7) is 10.5. The first-order chi connectivity index (χ1) is 17.6. The maximum absolute atomic E-state index is 14.0. The van der Waals surface area contributed by atoms with Crippen molar-refractivity contribution in [3.63, 3.8) is 0 Å². The van der Waals surface area contributed by atoms with Gasteiger partial charge in [-0.1, -0.05) is 24.3 Å². The second kappa shape index (κ2) is 9.55. The molecule has 0 saturated carbocycles. The molecular formula is C27H30FN7O. The average molecular weight is 488 g/mol. The molecule has 2 aliphatic rings. The van der Waals surface area contributed by atoms with Crippen molar-refractivity contribution in [2.75, 3.05) is 32.8 Å². The zero-order valence-electron chi connectivity index (χ0n) is 20.7. The third kappa shape index (κ3) is 4.44. The monoisotopic (exact) mass is 487 g/mol. The van der Waals surface area contributed by atoms with Gasteiger partial charge in [-0.25, -0.2) is 9.37 Å². The Balaban J connectivity index is 1.32. The lowest BCUT2D eigenvalue weighted by Gasteiger charge is -2.34. The maximum Gasteiger partial charge on any atom is 0.318 e. The zero-order chi connectivity index (χ0) is 24.6. The van der Waals surface area contributed by atoms with Gasteiger partial charge >= 0.3 is 6.01 Å². The summed E-state index contributed by atoms with van der Waals surface area (Å²) in [5, 5.41) is 0. The molecule has 3 aromatic heterocycles. The Bertz CT molecular complexity index is 1390. The largest absolute Gasteiger partial charge is 0.464 e. The molecule has 0 radical (unpaired) electrons. The summed E-state index contributed by atoms with van der Waals surface area (Å²) in [5.74, 6) is 0.197. The normalized spacial score (nSPS) is 19.8. The van der Waals surface area contributed by atoms with Gasteiger partial charge in [-0.2, -0.15) is 9.97 Å². The lowest BCUT2D eigenvalue weighted by Crippen LogP contribution is -2.46. The Morgan fingerprint density at radius 3 is 2.58 bits per heavy atom. The van der Waals surface area contributed by atoms with Crippen LogP contribution in [0.25, 0.3) is 22.6 Å². The highest BCUT2D eigenvalue weighted by molar-refractivity contribution is 5.79. The first kappa shape index (κ1) is 23.0. The molecular weight excluding hydrogens is 457 g/mol. The number of fused-ring (bicyclic) bond motifs is 3. The van der Waals surface area contributed by atoms with E-state index in [1.807, 2.05) is 18.4 Å². The fraction of sp³-hybridized carbons (Fsp3) is 0.407. The third-order valence-electron chi connectivity index (χ3n) is 7.20. The topological polar surface area (TPSA) is 72.2 Å². The van der Waals surface area contributed by atoms with Gasteiger partial charge in [-0.3, -0.25) is 9.88 Å². The van der Waals surface area contributed by atoms with Crippen LogP contribution < -0.4 is 4.74 Å². The van der Waals surface area contributed by atoms with Crippen molar-refractivity contribution in [2.45, 2.75) is 39.4 Å². The summed E-state index contributed by atoms with van der Waals surface area (Å²) in [7, 11) is 0. The minimum absolute atomic E-state index is 0.315. The number of halogens is 1. The molecule has 2 atom stereocenters. The molecule has 1 unspecified atom stereocenters. The van der Waals surface area contributed by atoms with Crippen LogP contribution >= 0.6 is 0 Å². The lowest BCUT2D eigenvalue weighted by molar-refractivity contribution is 0.128. The van der Waals surface area contributed by atoms with Gasteiger partial charge in [0.2, 0.25) is 0 Å². The molecule has 6 rings (SSSR count). The van der Waals surface area contributed by atoms with Gasteiger partial charge in [0.25, 0.3) is 0 Å². The van der Waals surface area contributed by atoms with Gasteiger partial charge in [-0.15, -0.1) is 0 Å². The van der Waals surface area contributed by atoms with Gasteiger partial charge in [-0.05, 0) is 44.0 Å². The molecule has 2 saturated heterocycles. The van der Waals surface area contributed by atoms with Crippen molar-refractivity contribution < 1.29 is 9.13 Å². The molecule has 0 spiro atoms. The number of hydrogen-bond acceptors (Lipinski definition) is 7. The Labute approximate surface area is 209 Å². The molecule has 0 N–H and O–H groups in total. The van der Waals surface area contributed by atoms with Crippen molar-refractivity contribution >= 4 is 11.2 Å². The van der Waals surface area contributed by atoms with Crippen LogP contribution in [0.5, 0.6) is 6.01 Å². The van der Waals surface area contributed by atoms with E-state index in [1.54, 1.807) is 6.20 Å². The smallest absolute Gasteiger partial charge is 0.318 e. The molecule has 9 heteroatoms. The molecule has 2 fully saturated rings. The zero-order valence-corrected chi connectivity index (χ0v) is 20.7. The van der Waals surface area contributed by atoms with Crippen LogP contribution in [0.2, 0.25) is 0 Å². The Hall–Kier alpha value is -3.43. The van der Waals surface area contributed by atoms with Crippen LogP contribution in [0.4, 0.5) is 4.39 Å². The number of hydrogen-bond donors (Lipinski definition) is 0. The summed E-state index contributed by atoms with van der Waals surface area (Å²) < 4.78 is 21.6. The van der Waals surface area contributed by atoms with Gasteiger partial charge < -0.3 is 14.2 Å². The Morgan fingerprint density at radius 1 is 1.00 bits per heavy atom. The van der Waals surface area contributed by atoms with Gasteiger partial charge in [0.1, 0.15) is 17.2 Å². The molecule has 0 aliphatic carbocycles. The van der Waals surface area contributed by atoms with E-state index in [2.05, 4.69) is 49.0 Å². The quantitative estimate of drug-likeness (QED) is 0.394. The molecule has 0 amide bonds. The fourth-order valence-corrected chi connectivity index (χ4v) is 5.35. The molecule has 5 heterocycles. The molecule has 36 heavy (non-hydrogen) atoms. The van der Waals surface area contributed by atoms with E-state index in [0.717, 1.165) is 24.3 Å². The van der Waals surface area contributed by atoms with E-state index >= 15 is 0 Å². The van der Waals surface area contributed by atoms with Crippen molar-refractivity contribution in [3.05, 3.63) is 65.4 Å². The number of aryl methyl sites for hydroxylation is 1. The minimum atomic E-state index is -0.406. The number of rotatable bonds is 7. The maximum atomic E-state index is 14.0. The summed E-state index contributed by atoms with van der Waals surface area (Å²) in [5.41, 5.74) is 5.08. The van der Waals surface area contributed by atoms with E-state index in [-0.39, 0.29) is 0 Å². The number of imidazole rings is 1. The average Bonchev–Trinajstić information content (AvgIpc) is 3.44. The number of benzene rings is 1. The van der Waals surface area contributed by atoms with E-state index < -0.39 is 5.82 Å². The number of pyridine rings is 1. The van der Waals surface area contributed by atoms with Crippen LogP contribution in [-0.2, 0) is 13.1 Å². The standard InChI is InChI=1S/C27H30FN7O/c1-3-36-27-30-18(2)24-26(32-27)35(25(31-24)21-12-22(28)14-29-13-21)16-20-6-4-19(5-7-20)15-34-11-10-33-9-8-23(34)17-33/h4-7,12-14,23H,3,8-11,15-17H2,1-2H3/t23-/m0/s1. The molecule has 2 bridgehead atoms. The number of piperazine rings is 1. The van der Waals surface area contributed by atoms with Gasteiger partial charge in [0.15, 0.2) is 5.65 Å². The van der Waals surface area contributed by atoms with Gasteiger partial charge in [0, 0.05) is 44.0 Å².